The largest absolute Gasteiger partial charge is 0.395 e. The van der Waals surface area contributed by atoms with E-state index in [9.17, 15) is 4.79 Å². The number of nitrogens with zero attached hydrogens (tertiary/aromatic N) is 1. The van der Waals surface area contributed by atoms with Crippen LogP contribution in [-0.4, -0.2) is 54.9 Å². The fraction of sp³-hybridized carbons (Fsp3) is 0.889. The molecule has 1 aliphatic rings. The highest BCUT2D eigenvalue weighted by Gasteiger charge is 2.47. The van der Waals surface area contributed by atoms with Crippen molar-refractivity contribution in [3.63, 3.8) is 0 Å². The summed E-state index contributed by atoms with van der Waals surface area (Å²) in [4.78, 5) is 13.3. The van der Waals surface area contributed by atoms with Crippen molar-refractivity contribution in [3.05, 3.63) is 0 Å². The highest BCUT2D eigenvalue weighted by atomic mass is 16.5. The number of methoxy groups -OCH3 is 1. The standard InChI is InChI=1S/C9H18N2O3/c1-14-7-5-11(4-6-12)8(13)9(10)2-3-9/h12H,2-7,10H2,1H3. The number of carbonyl (C=O) groups excluding carboxylic acids is 1. The summed E-state index contributed by atoms with van der Waals surface area (Å²) in [5.41, 5.74) is 5.13. The minimum Gasteiger partial charge on any atom is -0.395 e. The molecule has 0 aliphatic heterocycles. The summed E-state index contributed by atoms with van der Waals surface area (Å²) in [7, 11) is 1.58. The maximum absolute atomic E-state index is 11.8. The molecule has 0 bridgehead atoms. The van der Waals surface area contributed by atoms with Crippen LogP contribution in [-0.2, 0) is 9.53 Å². The van der Waals surface area contributed by atoms with Crippen molar-refractivity contribution >= 4 is 5.91 Å². The van der Waals surface area contributed by atoms with Gasteiger partial charge in [0, 0.05) is 20.2 Å². The monoisotopic (exact) mass is 202 g/mol. The van der Waals surface area contributed by atoms with Gasteiger partial charge in [-0.1, -0.05) is 0 Å². The zero-order chi connectivity index (χ0) is 10.6. The van der Waals surface area contributed by atoms with Gasteiger partial charge in [0.25, 0.3) is 0 Å². The number of ether oxygens (including phenoxy) is 1. The van der Waals surface area contributed by atoms with Crippen LogP contribution in [0, 0.1) is 0 Å². The summed E-state index contributed by atoms with van der Waals surface area (Å²) in [6, 6.07) is 0. The third-order valence-electron chi connectivity index (χ3n) is 2.44. The Morgan fingerprint density at radius 2 is 2.21 bits per heavy atom. The van der Waals surface area contributed by atoms with Gasteiger partial charge in [-0.2, -0.15) is 0 Å². The average Bonchev–Trinajstić information content (AvgIpc) is 2.91. The molecule has 0 atom stereocenters. The molecule has 3 N–H and O–H groups in total. The fourth-order valence-electron chi connectivity index (χ4n) is 1.30. The minimum absolute atomic E-state index is 0.0362. The Morgan fingerprint density at radius 3 is 2.64 bits per heavy atom. The van der Waals surface area contributed by atoms with Gasteiger partial charge in [-0.05, 0) is 12.8 Å². The van der Waals surface area contributed by atoms with Gasteiger partial charge in [-0.3, -0.25) is 4.79 Å². The topological polar surface area (TPSA) is 75.8 Å². The molecule has 0 aromatic heterocycles. The number of aliphatic hydroxyl groups excluding tert-OH is 1. The quantitative estimate of drug-likeness (QED) is 0.576. The van der Waals surface area contributed by atoms with Gasteiger partial charge >= 0.3 is 0 Å². The van der Waals surface area contributed by atoms with E-state index in [1.807, 2.05) is 0 Å². The predicted molar refractivity (Wildman–Crippen MR) is 51.7 cm³/mol. The molecule has 0 radical (unpaired) electrons. The van der Waals surface area contributed by atoms with Crippen molar-refractivity contribution in [2.45, 2.75) is 18.4 Å². The molecule has 14 heavy (non-hydrogen) atoms. The van der Waals surface area contributed by atoms with E-state index in [0.29, 0.717) is 19.7 Å². The molecule has 82 valence electrons. The maximum Gasteiger partial charge on any atom is 0.242 e. The van der Waals surface area contributed by atoms with Gasteiger partial charge in [0.2, 0.25) is 5.91 Å². The van der Waals surface area contributed by atoms with Crippen LogP contribution < -0.4 is 5.73 Å². The molecular weight excluding hydrogens is 184 g/mol. The first kappa shape index (κ1) is 11.4. The fourth-order valence-corrected chi connectivity index (χ4v) is 1.30. The van der Waals surface area contributed by atoms with Crippen molar-refractivity contribution in [2.24, 2.45) is 5.73 Å². The number of hydrogen-bond donors (Lipinski definition) is 2. The van der Waals surface area contributed by atoms with Crippen molar-refractivity contribution in [1.82, 2.24) is 4.90 Å². The first-order valence-corrected chi connectivity index (χ1v) is 4.82. The van der Waals surface area contributed by atoms with Crippen LogP contribution in [0.1, 0.15) is 12.8 Å². The molecular formula is C9H18N2O3. The van der Waals surface area contributed by atoms with Crippen LogP contribution in [0.2, 0.25) is 0 Å². The molecule has 1 amide bonds. The molecule has 1 rings (SSSR count). The lowest BCUT2D eigenvalue weighted by atomic mass is 10.2. The Morgan fingerprint density at radius 1 is 1.57 bits per heavy atom. The van der Waals surface area contributed by atoms with Gasteiger partial charge in [0.1, 0.15) is 0 Å². The third-order valence-corrected chi connectivity index (χ3v) is 2.44. The van der Waals surface area contributed by atoms with E-state index >= 15 is 0 Å². The zero-order valence-corrected chi connectivity index (χ0v) is 8.53. The summed E-state index contributed by atoms with van der Waals surface area (Å²) >= 11 is 0. The molecule has 0 aromatic rings. The summed E-state index contributed by atoms with van der Waals surface area (Å²) in [5, 5.41) is 8.80. The second-order valence-electron chi connectivity index (χ2n) is 3.66. The zero-order valence-electron chi connectivity index (χ0n) is 8.53. The second kappa shape index (κ2) is 4.72. The minimum atomic E-state index is -0.650. The molecule has 1 saturated carbocycles. The molecule has 5 heteroatoms. The number of carbonyl (C=O) groups is 1. The normalized spacial score (nSPS) is 17.9. The smallest absolute Gasteiger partial charge is 0.242 e. The van der Waals surface area contributed by atoms with Crippen LogP contribution >= 0.6 is 0 Å². The summed E-state index contributed by atoms with van der Waals surface area (Å²) in [6.45, 7) is 1.27. The Bertz CT molecular complexity index is 204. The van der Waals surface area contributed by atoms with Crippen molar-refractivity contribution < 1.29 is 14.6 Å². The average molecular weight is 202 g/mol. The highest BCUT2D eigenvalue weighted by molar-refractivity contribution is 5.89. The number of nitrogens with two attached hydrogens (primary N) is 1. The van der Waals surface area contributed by atoms with Crippen LogP contribution in [0.5, 0.6) is 0 Å². The van der Waals surface area contributed by atoms with Crippen LogP contribution in [0.25, 0.3) is 0 Å². The number of amides is 1. The van der Waals surface area contributed by atoms with Gasteiger partial charge in [-0.25, -0.2) is 0 Å². The van der Waals surface area contributed by atoms with E-state index in [2.05, 4.69) is 0 Å². The molecule has 0 unspecified atom stereocenters. The summed E-state index contributed by atoms with van der Waals surface area (Å²) in [5.74, 6) is -0.0661. The Labute approximate surface area is 83.8 Å². The van der Waals surface area contributed by atoms with Crippen molar-refractivity contribution in [2.75, 3.05) is 33.4 Å². The van der Waals surface area contributed by atoms with E-state index in [-0.39, 0.29) is 12.5 Å². The van der Waals surface area contributed by atoms with Crippen LogP contribution in [0.3, 0.4) is 0 Å². The summed E-state index contributed by atoms with van der Waals surface area (Å²) < 4.78 is 4.89. The lowest BCUT2D eigenvalue weighted by molar-refractivity contribution is -0.134. The lowest BCUT2D eigenvalue weighted by Crippen LogP contribution is -2.47. The second-order valence-corrected chi connectivity index (χ2v) is 3.66. The molecule has 0 spiro atoms. The first-order chi connectivity index (χ1) is 6.64. The van der Waals surface area contributed by atoms with Crippen molar-refractivity contribution in [1.29, 1.82) is 0 Å². The molecule has 1 aliphatic carbocycles. The Balaban J connectivity index is 2.44. The maximum atomic E-state index is 11.8. The number of aliphatic hydroxyl groups is 1. The first-order valence-electron chi connectivity index (χ1n) is 4.82. The molecule has 5 nitrogen and oxygen atoms in total. The van der Waals surface area contributed by atoms with E-state index in [0.717, 1.165) is 12.8 Å². The number of hydrogen-bond acceptors (Lipinski definition) is 4. The van der Waals surface area contributed by atoms with Gasteiger partial charge in [0.15, 0.2) is 0 Å². The van der Waals surface area contributed by atoms with Crippen LogP contribution in [0.15, 0.2) is 0 Å². The van der Waals surface area contributed by atoms with E-state index < -0.39 is 5.54 Å². The van der Waals surface area contributed by atoms with E-state index in [1.165, 1.54) is 0 Å². The Kier molecular flexibility index (Phi) is 3.86. The van der Waals surface area contributed by atoms with E-state index in [1.54, 1.807) is 12.0 Å². The van der Waals surface area contributed by atoms with Crippen molar-refractivity contribution in [3.8, 4) is 0 Å². The van der Waals surface area contributed by atoms with Gasteiger partial charge in [0.05, 0.1) is 18.8 Å². The van der Waals surface area contributed by atoms with E-state index in [4.69, 9.17) is 15.6 Å². The Hall–Kier alpha value is -0.650. The lowest BCUT2D eigenvalue weighted by Gasteiger charge is -2.24. The number of rotatable bonds is 6. The van der Waals surface area contributed by atoms with Crippen LogP contribution in [0.4, 0.5) is 0 Å². The molecule has 0 heterocycles. The highest BCUT2D eigenvalue weighted by Crippen LogP contribution is 2.33. The predicted octanol–water partition coefficient (Wildman–Crippen LogP) is -1.05. The third kappa shape index (κ3) is 2.67. The summed E-state index contributed by atoms with van der Waals surface area (Å²) in [6.07, 6.45) is 1.50. The van der Waals surface area contributed by atoms with Gasteiger partial charge < -0.3 is 20.5 Å². The van der Waals surface area contributed by atoms with Gasteiger partial charge in [-0.15, -0.1) is 0 Å². The molecule has 0 aromatic carbocycles. The molecule has 0 saturated heterocycles. The SMILES string of the molecule is COCCN(CCO)C(=O)C1(N)CC1. The molecule has 1 fully saturated rings.